The fraction of sp³-hybridized carbons (Fsp3) is 0.588. The van der Waals surface area contributed by atoms with Crippen molar-refractivity contribution in [3.05, 3.63) is 29.8 Å². The van der Waals surface area contributed by atoms with Crippen molar-refractivity contribution >= 4 is 36.4 Å². The second kappa shape index (κ2) is 9.69. The lowest BCUT2D eigenvalue weighted by molar-refractivity contribution is -0.158. The highest BCUT2D eigenvalue weighted by Gasteiger charge is 2.43. The average molecular weight is 412 g/mol. The third-order valence-electron chi connectivity index (χ3n) is 5.01. The summed E-state index contributed by atoms with van der Waals surface area (Å²) in [6.45, 7) is 3.43. The van der Waals surface area contributed by atoms with Crippen LogP contribution < -0.4 is 10.2 Å². The Kier molecular flexibility index (Phi) is 8.53. The van der Waals surface area contributed by atoms with Crippen molar-refractivity contribution in [2.45, 2.75) is 18.4 Å². The lowest BCUT2D eigenvalue weighted by Crippen LogP contribution is -2.59. The van der Waals surface area contributed by atoms with E-state index in [4.69, 9.17) is 4.74 Å². The molecule has 0 saturated carbocycles. The Balaban J connectivity index is 0.00000169. The summed E-state index contributed by atoms with van der Waals surface area (Å²) in [6.07, 6.45) is 1.31. The maximum atomic E-state index is 13.9. The first kappa shape index (κ1) is 22.9. The van der Waals surface area contributed by atoms with Gasteiger partial charge >= 0.3 is 0 Å². The molecule has 9 heteroatoms. The number of ether oxygens (including phenoxy) is 1. The van der Waals surface area contributed by atoms with Gasteiger partial charge in [-0.05, 0) is 38.1 Å². The van der Waals surface area contributed by atoms with E-state index >= 15 is 0 Å². The molecule has 1 amide bonds. The number of methoxy groups -OCH3 is 1. The molecule has 1 aromatic carbocycles. The Morgan fingerprint density at radius 1 is 1.12 bits per heavy atom. The summed E-state index contributed by atoms with van der Waals surface area (Å²) in [5.41, 5.74) is -0.497. The number of amides is 1. The molecular weight excluding hydrogens is 387 g/mol. The summed E-state index contributed by atoms with van der Waals surface area (Å²) in [5, 5.41) is 3.24. The van der Waals surface area contributed by atoms with Gasteiger partial charge in [-0.25, -0.2) is 8.78 Å². The summed E-state index contributed by atoms with van der Waals surface area (Å²) in [6, 6.07) is 3.45. The summed E-state index contributed by atoms with van der Waals surface area (Å²) in [4.78, 5) is 16.5. The Labute approximate surface area is 164 Å². The first-order chi connectivity index (χ1) is 11.6. The van der Waals surface area contributed by atoms with Gasteiger partial charge < -0.3 is 19.9 Å². The number of anilines is 1. The smallest absolute Gasteiger partial charge is 0.255 e. The van der Waals surface area contributed by atoms with Gasteiger partial charge in [-0.15, -0.1) is 24.8 Å². The number of carbonyl (C=O) groups excluding carboxylic acids is 1. The second-order valence-corrected chi connectivity index (χ2v) is 6.32. The Bertz CT molecular complexity index is 608. The van der Waals surface area contributed by atoms with Crippen LogP contribution in [0.15, 0.2) is 18.2 Å². The van der Waals surface area contributed by atoms with Crippen LogP contribution in [0.5, 0.6) is 0 Å². The monoisotopic (exact) mass is 411 g/mol. The minimum Gasteiger partial charge on any atom is -0.368 e. The van der Waals surface area contributed by atoms with Crippen molar-refractivity contribution in [3.8, 4) is 0 Å². The molecule has 148 valence electrons. The van der Waals surface area contributed by atoms with Crippen molar-refractivity contribution < 1.29 is 18.3 Å². The van der Waals surface area contributed by atoms with E-state index in [-0.39, 0.29) is 36.4 Å². The van der Waals surface area contributed by atoms with Crippen molar-refractivity contribution in [1.29, 1.82) is 0 Å². The van der Waals surface area contributed by atoms with E-state index in [1.807, 2.05) is 0 Å². The zero-order chi connectivity index (χ0) is 17.2. The van der Waals surface area contributed by atoms with Crippen LogP contribution in [0.1, 0.15) is 12.8 Å². The number of hydrogen-bond donors (Lipinski definition) is 1. The van der Waals surface area contributed by atoms with E-state index < -0.39 is 17.2 Å². The first-order valence-corrected chi connectivity index (χ1v) is 8.31. The molecule has 5 nitrogen and oxygen atoms in total. The number of rotatable bonds is 3. The van der Waals surface area contributed by atoms with Crippen LogP contribution in [0.3, 0.4) is 0 Å². The van der Waals surface area contributed by atoms with Crippen LogP contribution in [-0.4, -0.2) is 62.8 Å². The van der Waals surface area contributed by atoms with Crippen molar-refractivity contribution in [1.82, 2.24) is 10.2 Å². The van der Waals surface area contributed by atoms with Gasteiger partial charge in [-0.2, -0.15) is 0 Å². The largest absolute Gasteiger partial charge is 0.368 e. The van der Waals surface area contributed by atoms with Crippen LogP contribution >= 0.6 is 24.8 Å². The SMILES string of the molecule is COC1(C(=O)N2CCN(c3cc(F)ccc3F)CC2)CCNCC1.Cl.Cl. The van der Waals surface area contributed by atoms with Gasteiger partial charge in [0.2, 0.25) is 0 Å². The molecule has 1 N–H and O–H groups in total. The number of benzene rings is 1. The van der Waals surface area contributed by atoms with E-state index in [0.29, 0.717) is 39.0 Å². The molecule has 2 heterocycles. The number of nitrogens with zero attached hydrogens (tertiary/aromatic N) is 2. The lowest BCUT2D eigenvalue weighted by Gasteiger charge is -2.42. The Hall–Kier alpha value is -1.15. The second-order valence-electron chi connectivity index (χ2n) is 6.32. The normalized spacial score (nSPS) is 19.3. The topological polar surface area (TPSA) is 44.8 Å². The van der Waals surface area contributed by atoms with Crippen LogP contribution in [0.2, 0.25) is 0 Å². The first-order valence-electron chi connectivity index (χ1n) is 8.31. The molecule has 2 saturated heterocycles. The molecule has 0 radical (unpaired) electrons. The zero-order valence-electron chi connectivity index (χ0n) is 14.7. The van der Waals surface area contributed by atoms with E-state index in [0.717, 1.165) is 25.2 Å². The third-order valence-corrected chi connectivity index (χ3v) is 5.01. The number of carbonyl (C=O) groups is 1. The van der Waals surface area contributed by atoms with Crippen molar-refractivity contribution in [2.24, 2.45) is 0 Å². The molecule has 0 atom stereocenters. The molecule has 1 aromatic rings. The molecule has 0 aromatic heterocycles. The Morgan fingerprint density at radius 2 is 1.73 bits per heavy atom. The minimum atomic E-state index is -0.752. The van der Waals surface area contributed by atoms with Crippen molar-refractivity contribution in [2.75, 3.05) is 51.3 Å². The molecule has 0 aliphatic carbocycles. The quantitative estimate of drug-likeness (QED) is 0.827. The zero-order valence-corrected chi connectivity index (χ0v) is 16.3. The molecule has 0 spiro atoms. The predicted molar refractivity (Wildman–Crippen MR) is 101 cm³/mol. The van der Waals surface area contributed by atoms with Gasteiger partial charge in [-0.1, -0.05) is 0 Å². The van der Waals surface area contributed by atoms with Crippen molar-refractivity contribution in [3.63, 3.8) is 0 Å². The third kappa shape index (κ3) is 4.57. The number of nitrogens with one attached hydrogen (secondary N) is 1. The van der Waals surface area contributed by atoms with E-state index in [2.05, 4.69) is 5.32 Å². The van der Waals surface area contributed by atoms with Crippen LogP contribution in [0.25, 0.3) is 0 Å². The minimum absolute atomic E-state index is 0. The molecule has 3 rings (SSSR count). The summed E-state index contributed by atoms with van der Waals surface area (Å²) < 4.78 is 32.9. The lowest BCUT2D eigenvalue weighted by atomic mass is 9.90. The number of halogens is 4. The molecule has 2 aliphatic heterocycles. The van der Waals surface area contributed by atoms with Gasteiger partial charge in [0.1, 0.15) is 17.2 Å². The highest BCUT2D eigenvalue weighted by molar-refractivity contribution is 5.86. The summed E-state index contributed by atoms with van der Waals surface area (Å²) >= 11 is 0. The summed E-state index contributed by atoms with van der Waals surface area (Å²) in [7, 11) is 1.58. The molecule has 0 unspecified atom stereocenters. The standard InChI is InChI=1S/C17H23F2N3O2.2ClH/c1-24-17(4-6-20-7-5-17)16(23)22-10-8-21(9-11-22)15-12-13(18)2-3-14(15)19;;/h2-3,12,20H,4-11H2,1H3;2*1H. The number of piperazine rings is 1. The van der Waals surface area contributed by atoms with E-state index in [1.54, 1.807) is 16.9 Å². The summed E-state index contributed by atoms with van der Waals surface area (Å²) in [5.74, 6) is -0.897. The number of piperidine rings is 1. The predicted octanol–water partition coefficient (Wildman–Crippen LogP) is 2.23. The van der Waals surface area contributed by atoms with Gasteiger partial charge in [-0.3, -0.25) is 4.79 Å². The van der Waals surface area contributed by atoms with Gasteiger partial charge in [0.25, 0.3) is 5.91 Å². The highest BCUT2D eigenvalue weighted by Crippen LogP contribution is 2.27. The fourth-order valence-electron chi connectivity index (χ4n) is 3.50. The average Bonchev–Trinajstić information content (AvgIpc) is 2.64. The molecule has 2 fully saturated rings. The van der Waals surface area contributed by atoms with Gasteiger partial charge in [0, 0.05) is 39.4 Å². The fourth-order valence-corrected chi connectivity index (χ4v) is 3.50. The maximum Gasteiger partial charge on any atom is 0.255 e. The van der Waals surface area contributed by atoms with Crippen LogP contribution in [0, 0.1) is 11.6 Å². The Morgan fingerprint density at radius 3 is 2.31 bits per heavy atom. The molecular formula is C17H25Cl2F2N3O2. The molecule has 26 heavy (non-hydrogen) atoms. The maximum absolute atomic E-state index is 13.9. The molecule has 0 bridgehead atoms. The highest BCUT2D eigenvalue weighted by atomic mass is 35.5. The van der Waals surface area contributed by atoms with Gasteiger partial charge in [0.15, 0.2) is 0 Å². The van der Waals surface area contributed by atoms with Gasteiger partial charge in [0.05, 0.1) is 5.69 Å². The van der Waals surface area contributed by atoms with E-state index in [9.17, 15) is 13.6 Å². The van der Waals surface area contributed by atoms with Crippen LogP contribution in [-0.2, 0) is 9.53 Å². The van der Waals surface area contributed by atoms with E-state index in [1.165, 1.54) is 6.07 Å². The number of hydrogen-bond acceptors (Lipinski definition) is 4. The molecule has 2 aliphatic rings. The van der Waals surface area contributed by atoms with Crippen LogP contribution in [0.4, 0.5) is 14.5 Å².